The molecule has 1 saturated heterocycles. The van der Waals surface area contributed by atoms with Crippen LogP contribution in [0.25, 0.3) is 10.9 Å². The first-order chi connectivity index (χ1) is 20.5. The number of likely N-dealkylation sites (tertiary alicyclic amines) is 1. The monoisotopic (exact) mass is 591 g/mol. The Hall–Kier alpha value is -3.98. The fraction of sp³-hybridized carbons (Fsp3) is 0.412. The van der Waals surface area contributed by atoms with E-state index in [0.29, 0.717) is 36.1 Å². The highest BCUT2D eigenvalue weighted by Crippen LogP contribution is 2.51. The van der Waals surface area contributed by atoms with Crippen molar-refractivity contribution in [3.63, 3.8) is 0 Å². The average Bonchev–Trinajstić information content (AvgIpc) is 3.45. The number of halogens is 2. The van der Waals surface area contributed by atoms with Gasteiger partial charge in [0.05, 0.1) is 31.8 Å². The lowest BCUT2D eigenvalue weighted by Gasteiger charge is -2.43. The van der Waals surface area contributed by atoms with Gasteiger partial charge in [-0.3, -0.25) is 4.79 Å². The van der Waals surface area contributed by atoms with Crippen LogP contribution in [-0.4, -0.2) is 61.9 Å². The van der Waals surface area contributed by atoms with E-state index in [9.17, 15) is 18.4 Å². The summed E-state index contributed by atoms with van der Waals surface area (Å²) in [6.07, 6.45) is 3.56. The summed E-state index contributed by atoms with van der Waals surface area (Å²) in [4.78, 5) is 31.9. The molecule has 3 aliphatic rings. The Morgan fingerprint density at radius 2 is 1.84 bits per heavy atom. The van der Waals surface area contributed by atoms with Crippen molar-refractivity contribution in [2.24, 2.45) is 0 Å². The van der Waals surface area contributed by atoms with E-state index in [1.54, 1.807) is 19.1 Å². The van der Waals surface area contributed by atoms with Gasteiger partial charge in [-0.05, 0) is 69.6 Å². The average molecular weight is 592 g/mol. The Kier molecular flexibility index (Phi) is 8.47. The number of H-pyrrole nitrogens is 1. The van der Waals surface area contributed by atoms with Gasteiger partial charge in [-0.2, -0.15) is 0 Å². The number of alkyl halides is 2. The summed E-state index contributed by atoms with van der Waals surface area (Å²) in [5.41, 5.74) is 4.58. The number of hydrogen-bond acceptors (Lipinski definition) is 6. The first kappa shape index (κ1) is 30.5. The number of benzene rings is 2. The number of ketones is 1. The van der Waals surface area contributed by atoms with Crippen LogP contribution in [0.5, 0.6) is 5.75 Å². The van der Waals surface area contributed by atoms with Crippen molar-refractivity contribution in [3.8, 4) is 5.75 Å². The minimum absolute atomic E-state index is 0.0188. The zero-order valence-electron chi connectivity index (χ0n) is 25.4. The van der Waals surface area contributed by atoms with Crippen molar-refractivity contribution < 1.29 is 27.8 Å². The number of Topliss-reactive ketones (excluding diaryl/α,β-unsaturated/α-hetero) is 1. The summed E-state index contributed by atoms with van der Waals surface area (Å²) in [7, 11) is 4.76. The number of fused-ring (bicyclic) bond motifs is 1. The number of piperidine rings is 1. The number of ether oxygens (including phenoxy) is 2. The molecule has 1 aliphatic carbocycles. The number of hydrogen-bond donors (Lipinski definition) is 2. The Morgan fingerprint density at radius 3 is 2.51 bits per heavy atom. The van der Waals surface area contributed by atoms with Crippen LogP contribution in [-0.2, 0) is 19.7 Å². The maximum Gasteiger partial charge on any atom is 0.336 e. The van der Waals surface area contributed by atoms with Gasteiger partial charge in [-0.1, -0.05) is 30.3 Å². The van der Waals surface area contributed by atoms with Gasteiger partial charge in [-0.15, -0.1) is 0 Å². The molecule has 2 atom stereocenters. The second-order valence-electron chi connectivity index (χ2n) is 11.8. The number of carbonyl (C=O) groups is 2. The summed E-state index contributed by atoms with van der Waals surface area (Å²) >= 11 is 0. The second-order valence-corrected chi connectivity index (χ2v) is 11.8. The summed E-state index contributed by atoms with van der Waals surface area (Å²) < 4.78 is 35.6. The van der Waals surface area contributed by atoms with Gasteiger partial charge < -0.3 is 24.7 Å². The number of para-hydroxylation sites is 1. The molecule has 9 heteroatoms. The Labute approximate surface area is 250 Å². The van der Waals surface area contributed by atoms with Crippen molar-refractivity contribution >= 4 is 22.7 Å². The number of nitrogens with one attached hydrogen (secondary N) is 2. The van der Waals surface area contributed by atoms with Crippen molar-refractivity contribution in [1.29, 1.82) is 0 Å². The van der Waals surface area contributed by atoms with Crippen molar-refractivity contribution in [2.45, 2.75) is 56.8 Å². The molecule has 2 aliphatic heterocycles. The fourth-order valence-electron chi connectivity index (χ4n) is 7.03. The van der Waals surface area contributed by atoms with Crippen LogP contribution in [0, 0.1) is 0 Å². The minimum atomic E-state index is -2.42. The number of dihydropyridines is 1. The number of esters is 1. The topological polar surface area (TPSA) is 83.7 Å². The van der Waals surface area contributed by atoms with Gasteiger partial charge >= 0.3 is 5.97 Å². The molecule has 2 aromatic carbocycles. The summed E-state index contributed by atoms with van der Waals surface area (Å²) in [6.45, 7) is 4.60. The van der Waals surface area contributed by atoms with Crippen LogP contribution in [0.15, 0.2) is 77.3 Å². The number of rotatable bonds is 4. The molecule has 43 heavy (non-hydrogen) atoms. The van der Waals surface area contributed by atoms with Crippen LogP contribution in [0.2, 0.25) is 0 Å². The molecule has 1 aromatic heterocycles. The van der Waals surface area contributed by atoms with E-state index >= 15 is 0 Å². The zero-order valence-corrected chi connectivity index (χ0v) is 25.4. The third kappa shape index (κ3) is 5.70. The summed E-state index contributed by atoms with van der Waals surface area (Å²) in [5.74, 6) is -2.08. The third-order valence-electron chi connectivity index (χ3n) is 8.86. The molecule has 2 N–H and O–H groups in total. The van der Waals surface area contributed by atoms with Crippen molar-refractivity contribution in [1.82, 2.24) is 15.2 Å². The number of methoxy groups -OCH3 is 2. The predicted octanol–water partition coefficient (Wildman–Crippen LogP) is 6.23. The summed E-state index contributed by atoms with van der Waals surface area (Å²) in [6, 6.07) is 15.8. The van der Waals surface area contributed by atoms with E-state index in [1.807, 2.05) is 68.6 Å². The lowest BCUT2D eigenvalue weighted by atomic mass is 9.62. The van der Waals surface area contributed by atoms with Crippen LogP contribution in [0.3, 0.4) is 0 Å². The van der Waals surface area contributed by atoms with Gasteiger partial charge in [0.2, 0.25) is 0 Å². The maximum atomic E-state index is 13.9. The Bertz CT molecular complexity index is 1610. The number of carbonyl (C=O) groups excluding carboxylic acids is 2. The molecule has 228 valence electrons. The summed E-state index contributed by atoms with van der Waals surface area (Å²) in [5, 5.41) is 4.39. The number of nitrogens with zero attached hydrogens (tertiary/aromatic N) is 1. The second kappa shape index (κ2) is 12.0. The Morgan fingerprint density at radius 1 is 1.07 bits per heavy atom. The molecule has 0 bridgehead atoms. The predicted molar refractivity (Wildman–Crippen MR) is 162 cm³/mol. The van der Waals surface area contributed by atoms with Crippen molar-refractivity contribution in [2.75, 3.05) is 34.4 Å². The van der Waals surface area contributed by atoms with Gasteiger partial charge in [-0.25, -0.2) is 13.6 Å². The largest absolute Gasteiger partial charge is 0.496 e. The van der Waals surface area contributed by atoms with Crippen LogP contribution < -0.4 is 10.1 Å². The third-order valence-corrected chi connectivity index (χ3v) is 8.86. The smallest absolute Gasteiger partial charge is 0.336 e. The highest BCUT2D eigenvalue weighted by atomic mass is 19.3. The van der Waals surface area contributed by atoms with Crippen LogP contribution >= 0.6 is 0 Å². The fourth-order valence-corrected chi connectivity index (χ4v) is 7.03. The number of aromatic amines is 1. The molecular formula is C34H39F2N3O4. The molecule has 3 heterocycles. The van der Waals surface area contributed by atoms with Gasteiger partial charge in [0, 0.05) is 52.8 Å². The van der Waals surface area contributed by atoms with E-state index in [-0.39, 0.29) is 24.7 Å². The standard InChI is InChI=1S/C28H28N2O4.C6H11F2N/c1-16-25(27(32)34-4)28(2,20-9-7-10-21-19(20)12-13-29-21)26-22(30-16)14-17(15-23(26)31)18-8-5-6-11-24(18)33-3;1-9-4-2-3-6(7,8)5-9/h5-13,17,29-30H,14-15H2,1-4H3;2-5H2,1H3/t17-,28+;/m1./s1. The molecule has 0 saturated carbocycles. The lowest BCUT2D eigenvalue weighted by Crippen LogP contribution is -2.45. The molecule has 6 rings (SSSR count). The van der Waals surface area contributed by atoms with E-state index in [4.69, 9.17) is 9.47 Å². The molecular weight excluding hydrogens is 552 g/mol. The molecule has 0 amide bonds. The zero-order chi connectivity index (χ0) is 30.9. The van der Waals surface area contributed by atoms with Crippen LogP contribution in [0.4, 0.5) is 8.78 Å². The van der Waals surface area contributed by atoms with Gasteiger partial charge in [0.1, 0.15) is 5.75 Å². The normalized spacial score (nSPS) is 23.7. The van der Waals surface area contributed by atoms with Crippen LogP contribution in [0.1, 0.15) is 56.6 Å². The van der Waals surface area contributed by atoms with E-state index in [0.717, 1.165) is 40.0 Å². The molecule has 0 spiro atoms. The SMILES string of the molecule is CN1CCCC(F)(F)C1.COC(=O)C1=C(C)NC2=C(C(=O)C[C@H](c3ccccc3OC)C2)[C@@]1(C)c1cccc2[nH]ccc12. The first-order valence-corrected chi connectivity index (χ1v) is 14.6. The molecule has 1 fully saturated rings. The van der Waals surface area contributed by atoms with Gasteiger partial charge in [0.15, 0.2) is 5.78 Å². The lowest BCUT2D eigenvalue weighted by molar-refractivity contribution is -0.136. The van der Waals surface area contributed by atoms with Gasteiger partial charge in [0.25, 0.3) is 5.92 Å². The molecule has 3 aromatic rings. The molecule has 7 nitrogen and oxygen atoms in total. The maximum absolute atomic E-state index is 13.9. The quantitative estimate of drug-likeness (QED) is 0.350. The van der Waals surface area contributed by atoms with E-state index < -0.39 is 17.3 Å². The number of aromatic nitrogens is 1. The highest BCUT2D eigenvalue weighted by molar-refractivity contribution is 6.07. The van der Waals surface area contributed by atoms with Crippen molar-refractivity contribution in [3.05, 3.63) is 88.4 Å². The first-order valence-electron chi connectivity index (χ1n) is 14.6. The minimum Gasteiger partial charge on any atom is -0.496 e. The van der Waals surface area contributed by atoms with E-state index in [2.05, 4.69) is 10.3 Å². The number of allylic oxidation sites excluding steroid dienone is 3. The Balaban J connectivity index is 0.000000351. The molecule has 0 unspecified atom stereocenters. The van der Waals surface area contributed by atoms with E-state index in [1.165, 1.54) is 7.11 Å². The molecule has 0 radical (unpaired) electrons. The highest BCUT2D eigenvalue weighted by Gasteiger charge is 2.50.